The lowest BCUT2D eigenvalue weighted by molar-refractivity contribution is -0.119. The van der Waals surface area contributed by atoms with Crippen LogP contribution < -0.4 is 16.0 Å². The third-order valence-corrected chi connectivity index (χ3v) is 4.08. The Kier molecular flexibility index (Phi) is 5.17. The highest BCUT2D eigenvalue weighted by molar-refractivity contribution is 5.72. The van der Waals surface area contributed by atoms with Crippen LogP contribution in [0, 0.1) is 11.7 Å². The Balaban J connectivity index is 2.02. The molecule has 21 heavy (non-hydrogen) atoms. The van der Waals surface area contributed by atoms with E-state index >= 15 is 0 Å². The summed E-state index contributed by atoms with van der Waals surface area (Å²) in [6, 6.07) is 4.82. The van der Waals surface area contributed by atoms with Gasteiger partial charge in [0, 0.05) is 43.9 Å². The summed E-state index contributed by atoms with van der Waals surface area (Å²) in [7, 11) is 0. The normalized spacial score (nSPS) is 17.6. The summed E-state index contributed by atoms with van der Waals surface area (Å²) in [5, 5.41) is 2.87. The second kappa shape index (κ2) is 6.89. The predicted molar refractivity (Wildman–Crippen MR) is 82.6 cm³/mol. The lowest BCUT2D eigenvalue weighted by Gasteiger charge is -2.35. The first-order valence-electron chi connectivity index (χ1n) is 7.52. The fourth-order valence-electron chi connectivity index (χ4n) is 2.92. The first-order valence-corrected chi connectivity index (χ1v) is 7.52. The number of piperidine rings is 1. The molecule has 5 heteroatoms. The Hall–Kier alpha value is -1.62. The predicted octanol–water partition coefficient (Wildman–Crippen LogP) is 2.20. The Morgan fingerprint density at radius 2 is 2.14 bits per heavy atom. The van der Waals surface area contributed by atoms with Crippen molar-refractivity contribution in [1.29, 1.82) is 0 Å². The van der Waals surface area contributed by atoms with Gasteiger partial charge in [0.25, 0.3) is 0 Å². The molecule has 1 unspecified atom stereocenters. The summed E-state index contributed by atoms with van der Waals surface area (Å²) < 4.78 is 14.0. The summed E-state index contributed by atoms with van der Waals surface area (Å²) in [6.45, 7) is 5.82. The van der Waals surface area contributed by atoms with Crippen molar-refractivity contribution in [2.75, 3.05) is 24.5 Å². The van der Waals surface area contributed by atoms with Crippen molar-refractivity contribution in [2.45, 2.75) is 32.7 Å². The third-order valence-electron chi connectivity index (χ3n) is 4.08. The second-order valence-electron chi connectivity index (χ2n) is 5.83. The average molecular weight is 293 g/mol. The monoisotopic (exact) mass is 293 g/mol. The summed E-state index contributed by atoms with van der Waals surface area (Å²) in [5.74, 6) is 0.280. The fourth-order valence-corrected chi connectivity index (χ4v) is 2.92. The largest absolute Gasteiger partial charge is 0.371 e. The summed E-state index contributed by atoms with van der Waals surface area (Å²) >= 11 is 0. The molecule has 1 atom stereocenters. The summed E-state index contributed by atoms with van der Waals surface area (Å²) in [4.78, 5) is 13.2. The minimum absolute atomic E-state index is 0.0156. The number of carbonyl (C=O) groups is 1. The molecule has 2 rings (SSSR count). The van der Waals surface area contributed by atoms with Gasteiger partial charge in [-0.05, 0) is 37.8 Å². The maximum Gasteiger partial charge on any atom is 0.216 e. The summed E-state index contributed by atoms with van der Waals surface area (Å²) in [5.41, 5.74) is 7.42. The number of hydrogen-bond acceptors (Lipinski definition) is 3. The number of nitrogens with two attached hydrogens (primary N) is 1. The van der Waals surface area contributed by atoms with Crippen molar-refractivity contribution in [3.05, 3.63) is 29.6 Å². The van der Waals surface area contributed by atoms with Crippen LogP contribution in [0.2, 0.25) is 0 Å². The number of carbonyl (C=O) groups excluding carboxylic acids is 1. The van der Waals surface area contributed by atoms with E-state index in [1.54, 1.807) is 6.07 Å². The molecule has 0 saturated carbocycles. The lowest BCUT2D eigenvalue weighted by Crippen LogP contribution is -2.39. The van der Waals surface area contributed by atoms with Gasteiger partial charge in [-0.3, -0.25) is 4.79 Å². The van der Waals surface area contributed by atoms with Gasteiger partial charge in [-0.25, -0.2) is 4.39 Å². The van der Waals surface area contributed by atoms with Crippen LogP contribution in [0.1, 0.15) is 38.3 Å². The number of hydrogen-bond donors (Lipinski definition) is 2. The molecule has 4 nitrogen and oxygen atoms in total. The van der Waals surface area contributed by atoms with Gasteiger partial charge in [-0.15, -0.1) is 0 Å². The minimum atomic E-state index is -0.321. The van der Waals surface area contributed by atoms with E-state index in [0.717, 1.165) is 38.2 Å². The van der Waals surface area contributed by atoms with Crippen LogP contribution in [-0.2, 0) is 4.79 Å². The molecule has 3 N–H and O–H groups in total. The molecule has 0 bridgehead atoms. The van der Waals surface area contributed by atoms with E-state index in [4.69, 9.17) is 5.73 Å². The van der Waals surface area contributed by atoms with Crippen molar-refractivity contribution in [2.24, 2.45) is 11.7 Å². The van der Waals surface area contributed by atoms with Crippen LogP contribution in [0.3, 0.4) is 0 Å². The zero-order valence-corrected chi connectivity index (χ0v) is 12.7. The Morgan fingerprint density at radius 1 is 1.48 bits per heavy atom. The molecule has 0 spiro atoms. The molecule has 1 heterocycles. The molecule has 1 aliphatic heterocycles. The van der Waals surface area contributed by atoms with Gasteiger partial charge in [-0.2, -0.15) is 0 Å². The molecule has 1 aromatic rings. The molecule has 1 amide bonds. The average Bonchev–Trinajstić information content (AvgIpc) is 2.45. The van der Waals surface area contributed by atoms with Gasteiger partial charge >= 0.3 is 0 Å². The van der Waals surface area contributed by atoms with Crippen LogP contribution in [0.15, 0.2) is 18.2 Å². The van der Waals surface area contributed by atoms with Crippen molar-refractivity contribution in [3.63, 3.8) is 0 Å². The van der Waals surface area contributed by atoms with Crippen LogP contribution in [-0.4, -0.2) is 25.5 Å². The zero-order valence-electron chi connectivity index (χ0n) is 12.7. The van der Waals surface area contributed by atoms with Crippen LogP contribution in [0.25, 0.3) is 0 Å². The molecule has 1 aromatic carbocycles. The van der Waals surface area contributed by atoms with E-state index in [-0.39, 0.29) is 17.8 Å². The number of rotatable bonds is 4. The van der Waals surface area contributed by atoms with E-state index in [0.29, 0.717) is 11.5 Å². The molecule has 1 saturated heterocycles. The molecule has 116 valence electrons. The van der Waals surface area contributed by atoms with Gasteiger partial charge < -0.3 is 16.0 Å². The first-order chi connectivity index (χ1) is 9.99. The number of nitrogens with zero attached hydrogens (tertiary/aromatic N) is 1. The second-order valence-corrected chi connectivity index (χ2v) is 5.83. The van der Waals surface area contributed by atoms with Crippen molar-refractivity contribution in [1.82, 2.24) is 5.32 Å². The van der Waals surface area contributed by atoms with Crippen molar-refractivity contribution >= 4 is 11.6 Å². The van der Waals surface area contributed by atoms with Gasteiger partial charge in [0.15, 0.2) is 0 Å². The molecule has 0 radical (unpaired) electrons. The van der Waals surface area contributed by atoms with Gasteiger partial charge in [0.1, 0.15) is 5.82 Å². The van der Waals surface area contributed by atoms with E-state index in [1.165, 1.54) is 13.0 Å². The van der Waals surface area contributed by atoms with E-state index in [1.807, 2.05) is 13.0 Å². The van der Waals surface area contributed by atoms with E-state index in [9.17, 15) is 9.18 Å². The molecular weight excluding hydrogens is 269 g/mol. The minimum Gasteiger partial charge on any atom is -0.371 e. The highest BCUT2D eigenvalue weighted by Gasteiger charge is 2.23. The Bertz CT molecular complexity index is 496. The zero-order chi connectivity index (χ0) is 15.4. The van der Waals surface area contributed by atoms with Crippen molar-refractivity contribution in [3.8, 4) is 0 Å². The van der Waals surface area contributed by atoms with E-state index in [2.05, 4.69) is 10.2 Å². The summed E-state index contributed by atoms with van der Waals surface area (Å²) in [6.07, 6.45) is 1.99. The standard InChI is InChI=1S/C16H24FN3O/c1-11(18)16-14(17)4-3-5-15(16)20-8-6-13(7-9-20)10-19-12(2)21/h3-5,11,13H,6-10,18H2,1-2H3,(H,19,21). The fraction of sp³-hybridized carbons (Fsp3) is 0.562. The van der Waals surface area contributed by atoms with Crippen LogP contribution >= 0.6 is 0 Å². The molecule has 1 fully saturated rings. The number of anilines is 1. The van der Waals surface area contributed by atoms with Crippen molar-refractivity contribution < 1.29 is 9.18 Å². The number of nitrogens with one attached hydrogen (secondary N) is 1. The Morgan fingerprint density at radius 3 is 2.71 bits per heavy atom. The quantitative estimate of drug-likeness (QED) is 0.894. The number of amides is 1. The maximum absolute atomic E-state index is 14.0. The van der Waals surface area contributed by atoms with Crippen LogP contribution in [0.4, 0.5) is 10.1 Å². The maximum atomic E-state index is 14.0. The van der Waals surface area contributed by atoms with Gasteiger partial charge in [0.05, 0.1) is 0 Å². The molecular formula is C16H24FN3O. The topological polar surface area (TPSA) is 58.4 Å². The highest BCUT2D eigenvalue weighted by Crippen LogP contribution is 2.30. The lowest BCUT2D eigenvalue weighted by atomic mass is 9.95. The number of benzene rings is 1. The third kappa shape index (κ3) is 3.94. The SMILES string of the molecule is CC(=O)NCC1CCN(c2cccc(F)c2C(C)N)CC1. The van der Waals surface area contributed by atoms with E-state index < -0.39 is 0 Å². The molecule has 1 aliphatic rings. The van der Waals surface area contributed by atoms with Gasteiger partial charge in [0.2, 0.25) is 5.91 Å². The molecule has 0 aliphatic carbocycles. The highest BCUT2D eigenvalue weighted by atomic mass is 19.1. The number of halogens is 1. The Labute approximate surface area is 125 Å². The van der Waals surface area contributed by atoms with Gasteiger partial charge in [-0.1, -0.05) is 6.07 Å². The molecule has 0 aromatic heterocycles. The first kappa shape index (κ1) is 15.8. The van der Waals surface area contributed by atoms with Crippen LogP contribution in [0.5, 0.6) is 0 Å². The smallest absolute Gasteiger partial charge is 0.216 e.